The summed E-state index contributed by atoms with van der Waals surface area (Å²) in [6.07, 6.45) is 3.15. The first-order chi connectivity index (χ1) is 15.3. The molecule has 2 rings (SSSR count). The second-order valence-corrected chi connectivity index (χ2v) is 6.40. The van der Waals surface area contributed by atoms with E-state index in [1.165, 1.54) is 12.1 Å². The lowest BCUT2D eigenvalue weighted by molar-refractivity contribution is -2.00. The molecule has 1 aromatic heterocycles. The van der Waals surface area contributed by atoms with Crippen LogP contribution in [0, 0.1) is 10.2 Å². The van der Waals surface area contributed by atoms with Crippen molar-refractivity contribution in [2.24, 2.45) is 0 Å². The fraction of sp³-hybridized carbons (Fsp3) is 0.667. The summed E-state index contributed by atoms with van der Waals surface area (Å²) >= 11 is 0. The molecule has 0 radical (unpaired) electrons. The molecule has 1 fully saturated rings. The Labute approximate surface area is 199 Å². The van der Waals surface area contributed by atoms with E-state index >= 15 is 0 Å². The largest absolute Gasteiger partial charge is 0.478 e. The summed E-state index contributed by atoms with van der Waals surface area (Å²) in [5.41, 5.74) is 0.300. The minimum Gasteiger partial charge on any atom is -0.478 e. The van der Waals surface area contributed by atoms with E-state index in [4.69, 9.17) is 52.2 Å². The number of rotatable bonds is 1. The van der Waals surface area contributed by atoms with Gasteiger partial charge in [0.15, 0.2) is 12.4 Å². The average molecular weight is 524 g/mol. The van der Waals surface area contributed by atoms with Gasteiger partial charge in [0, 0.05) is 12.1 Å². The van der Waals surface area contributed by atoms with Crippen LogP contribution in [0.2, 0.25) is 0 Å². The van der Waals surface area contributed by atoms with E-state index in [1.54, 1.807) is 12.4 Å². The number of pyridine rings is 1. The highest BCUT2D eigenvalue weighted by Gasteiger charge is 1.99. The number of carboxylic acid groups (broad SMARTS) is 1. The second kappa shape index (κ2) is 26.0. The van der Waals surface area contributed by atoms with Crippen molar-refractivity contribution < 1.29 is 83.1 Å². The van der Waals surface area contributed by atoms with Crippen LogP contribution in [0.25, 0.3) is 0 Å². The van der Waals surface area contributed by atoms with Gasteiger partial charge in [-0.15, -0.1) is 10.2 Å². The van der Waals surface area contributed by atoms with E-state index in [1.807, 2.05) is 0 Å². The third kappa shape index (κ3) is 32.6. The van der Waals surface area contributed by atoms with Gasteiger partial charge in [0.2, 0.25) is 0 Å². The zero-order chi connectivity index (χ0) is 23.9. The predicted molar refractivity (Wildman–Crippen MR) is 102 cm³/mol. The molecular weight excluding hydrogens is 490 g/mol. The fourth-order valence-electron chi connectivity index (χ4n) is 1.85. The number of aromatic carboxylic acids is 1. The van der Waals surface area contributed by atoms with Gasteiger partial charge in [-0.3, -0.25) is 0 Å². The Morgan fingerprint density at radius 1 is 0.647 bits per heavy atom. The third-order valence-corrected chi connectivity index (χ3v) is 3.20. The molecule has 202 valence electrons. The van der Waals surface area contributed by atoms with E-state index in [0.717, 1.165) is 0 Å². The first-order valence-electron chi connectivity index (χ1n) is 9.58. The monoisotopic (exact) mass is 523 g/mol. The van der Waals surface area contributed by atoms with Gasteiger partial charge in [0.25, 0.3) is 0 Å². The molecule has 0 bridgehead atoms. The molecule has 1 aliphatic heterocycles. The number of aromatic nitrogens is 1. The minimum absolute atomic E-state index is 0. The highest BCUT2D eigenvalue weighted by Crippen LogP contribution is 1.91. The Bertz CT molecular complexity index is 468. The highest BCUT2D eigenvalue weighted by atomic mass is 35.7. The summed E-state index contributed by atoms with van der Waals surface area (Å²) in [6, 6.07) is 3.00. The second-order valence-electron chi connectivity index (χ2n) is 5.65. The number of carbonyl (C=O) groups is 1. The van der Waals surface area contributed by atoms with Crippen LogP contribution in [0.15, 0.2) is 24.5 Å². The van der Waals surface area contributed by atoms with Crippen molar-refractivity contribution in [3.63, 3.8) is 0 Å². The summed E-state index contributed by atoms with van der Waals surface area (Å²) in [7, 11) is -4.94. The van der Waals surface area contributed by atoms with Crippen LogP contribution in [-0.4, -0.2) is 101 Å². The molecule has 0 aliphatic carbocycles. The number of halogens is 1. The van der Waals surface area contributed by atoms with Crippen molar-refractivity contribution >= 4 is 5.97 Å². The molecule has 2 heterocycles. The van der Waals surface area contributed by atoms with Gasteiger partial charge in [0.05, 0.1) is 84.8 Å². The zero-order valence-electron chi connectivity index (χ0n) is 18.6. The molecule has 0 saturated carbocycles. The first kappa shape index (κ1) is 37.0. The first-order valence-corrected chi connectivity index (χ1v) is 10.8. The Balaban J connectivity index is -0.000000503. The summed E-state index contributed by atoms with van der Waals surface area (Å²) in [5.74, 6) is -0.899. The predicted octanol–water partition coefficient (Wildman–Crippen LogP) is -6.11. The van der Waals surface area contributed by atoms with Crippen LogP contribution >= 0.6 is 0 Å². The number of H-pyrrole nitrogens is 1. The Morgan fingerprint density at radius 2 is 0.853 bits per heavy atom. The quantitative estimate of drug-likeness (QED) is 0.360. The van der Waals surface area contributed by atoms with Crippen molar-refractivity contribution in [2.75, 3.05) is 79.3 Å². The summed E-state index contributed by atoms with van der Waals surface area (Å²) in [5, 5.41) is 8.37. The molecule has 0 amide bonds. The number of nitrogens with one attached hydrogen (secondary N) is 1. The fourth-order valence-corrected chi connectivity index (χ4v) is 1.85. The summed E-state index contributed by atoms with van der Waals surface area (Å²) in [6.45, 7) is 7.04. The van der Waals surface area contributed by atoms with Crippen LogP contribution < -0.4 is 23.6 Å². The molecule has 0 atom stereocenters. The van der Waals surface area contributed by atoms with E-state index in [0.29, 0.717) is 84.8 Å². The molecule has 15 nitrogen and oxygen atoms in total. The number of aromatic amines is 1. The molecule has 1 aromatic rings. The zero-order valence-corrected chi connectivity index (χ0v) is 19.4. The molecule has 1 aliphatic rings. The molecular formula is C18H34ClNO14. The van der Waals surface area contributed by atoms with Gasteiger partial charge in [-0.05, 0) is 0 Å². The lowest BCUT2D eigenvalue weighted by Gasteiger charge is -2.17. The number of hydrogen-bond acceptors (Lipinski definition) is 11. The standard InChI is InChI=1S/C12H24O6.C6H5NO2.ClHO4.2H2O/c1-2-14-5-6-16-9-10-18-12-11-17-8-7-15-4-3-13-1;8-6(9)5-1-3-7-4-2-5;2-1(3,4)5;;/h1-12H2;1-4H,(H,8,9);(H,2,3,4,5);2*1H2. The molecule has 0 unspecified atom stereocenters. The van der Waals surface area contributed by atoms with Crippen molar-refractivity contribution in [3.05, 3.63) is 30.1 Å². The molecule has 34 heavy (non-hydrogen) atoms. The van der Waals surface area contributed by atoms with Gasteiger partial charge in [-0.25, -0.2) is 28.4 Å². The van der Waals surface area contributed by atoms with Crippen LogP contribution in [0.5, 0.6) is 0 Å². The SMILES string of the molecule is C1COCCOCCOCCOCCOCCO1.O.O.O=C(O)c1cc[nH+]cc1.[O-][Cl+3]([O-])([O-])[O-]. The maximum absolute atomic E-state index is 10.2. The third-order valence-electron chi connectivity index (χ3n) is 3.20. The Hall–Kier alpha value is -1.57. The van der Waals surface area contributed by atoms with Gasteiger partial charge in [-0.1, -0.05) is 0 Å². The van der Waals surface area contributed by atoms with Crippen LogP contribution in [-0.2, 0) is 28.4 Å². The summed E-state index contributed by atoms with van der Waals surface area (Å²) < 4.78 is 65.9. The highest BCUT2D eigenvalue weighted by molar-refractivity contribution is 5.87. The molecule has 0 aromatic carbocycles. The number of carboxylic acids is 1. The van der Waals surface area contributed by atoms with Crippen molar-refractivity contribution in [2.45, 2.75) is 0 Å². The van der Waals surface area contributed by atoms with Gasteiger partial charge in [-0.2, -0.15) is 0 Å². The van der Waals surface area contributed by atoms with E-state index in [2.05, 4.69) is 4.98 Å². The van der Waals surface area contributed by atoms with Gasteiger partial charge in [0.1, 0.15) is 0 Å². The molecule has 0 spiro atoms. The molecule has 6 N–H and O–H groups in total. The van der Waals surface area contributed by atoms with Crippen molar-refractivity contribution in [3.8, 4) is 0 Å². The van der Waals surface area contributed by atoms with Crippen LogP contribution in [0.1, 0.15) is 10.4 Å². The van der Waals surface area contributed by atoms with Gasteiger partial charge < -0.3 is 44.5 Å². The average Bonchev–Trinajstić information content (AvgIpc) is 2.74. The Kier molecular flexibility index (Phi) is 28.3. The van der Waals surface area contributed by atoms with Gasteiger partial charge >= 0.3 is 5.97 Å². The molecule has 1 saturated heterocycles. The smallest absolute Gasteiger partial charge is 0.336 e. The van der Waals surface area contributed by atoms with E-state index < -0.39 is 16.2 Å². The van der Waals surface area contributed by atoms with Crippen LogP contribution in [0.4, 0.5) is 0 Å². The number of hydrogen-bond donors (Lipinski definition) is 1. The van der Waals surface area contributed by atoms with Crippen LogP contribution in [0.3, 0.4) is 0 Å². The number of ether oxygens (including phenoxy) is 6. The minimum atomic E-state index is -4.94. The van der Waals surface area contributed by atoms with E-state index in [9.17, 15) is 4.79 Å². The lowest BCUT2D eigenvalue weighted by Crippen LogP contribution is -2.68. The lowest BCUT2D eigenvalue weighted by atomic mass is 10.3. The van der Waals surface area contributed by atoms with E-state index in [-0.39, 0.29) is 11.0 Å². The molecule has 16 heteroatoms. The topological polar surface area (TPSA) is 262 Å². The maximum atomic E-state index is 10.2. The maximum Gasteiger partial charge on any atom is 0.336 e. The van der Waals surface area contributed by atoms with Crippen molar-refractivity contribution in [1.82, 2.24) is 0 Å². The van der Waals surface area contributed by atoms with Crippen molar-refractivity contribution in [1.29, 1.82) is 0 Å². The normalized spacial score (nSPS) is 16.8. The Morgan fingerprint density at radius 3 is 1.00 bits per heavy atom. The summed E-state index contributed by atoms with van der Waals surface area (Å²) in [4.78, 5) is 12.9.